The molecule has 2 aromatic rings. The zero-order valence-corrected chi connectivity index (χ0v) is 10.2. The van der Waals surface area contributed by atoms with Crippen molar-refractivity contribution in [3.63, 3.8) is 0 Å². The summed E-state index contributed by atoms with van der Waals surface area (Å²) in [6.45, 7) is 0.0714. The van der Waals surface area contributed by atoms with E-state index in [9.17, 15) is 0 Å². The van der Waals surface area contributed by atoms with Gasteiger partial charge in [0.25, 0.3) is 0 Å². The van der Waals surface area contributed by atoms with Crippen LogP contribution in [-0.4, -0.2) is 21.7 Å². The molecule has 82 valence electrons. The fourth-order valence-electron chi connectivity index (χ4n) is 1.43. The highest BCUT2D eigenvalue weighted by Gasteiger charge is 2.02. The van der Waals surface area contributed by atoms with Gasteiger partial charge in [0, 0.05) is 22.7 Å². The Bertz CT molecular complexity index is 488. The molecule has 0 atom stereocenters. The molecule has 0 aliphatic heterocycles. The van der Waals surface area contributed by atoms with E-state index in [1.54, 1.807) is 6.20 Å². The average Bonchev–Trinajstić information content (AvgIpc) is 2.30. The Morgan fingerprint density at radius 3 is 2.88 bits per heavy atom. The third kappa shape index (κ3) is 2.65. The van der Waals surface area contributed by atoms with Gasteiger partial charge < -0.3 is 5.11 Å². The molecule has 0 fully saturated rings. The van der Waals surface area contributed by atoms with Crippen LogP contribution in [0.1, 0.15) is 5.82 Å². The molecule has 0 saturated carbocycles. The van der Waals surface area contributed by atoms with Crippen molar-refractivity contribution in [2.45, 2.75) is 6.42 Å². The summed E-state index contributed by atoms with van der Waals surface area (Å²) in [5, 5.41) is 8.84. The van der Waals surface area contributed by atoms with Crippen molar-refractivity contribution < 1.29 is 5.11 Å². The molecule has 0 aliphatic carbocycles. The van der Waals surface area contributed by atoms with Gasteiger partial charge in [0.2, 0.25) is 0 Å². The van der Waals surface area contributed by atoms with Gasteiger partial charge in [0.05, 0.1) is 12.3 Å². The van der Waals surface area contributed by atoms with Crippen molar-refractivity contribution in [3.8, 4) is 11.3 Å². The first-order valence-electron chi connectivity index (χ1n) is 4.98. The van der Waals surface area contributed by atoms with Gasteiger partial charge in [-0.15, -0.1) is 0 Å². The normalized spacial score (nSPS) is 10.4. The lowest BCUT2D eigenvalue weighted by atomic mass is 10.1. The Balaban J connectivity index is 2.36. The van der Waals surface area contributed by atoms with Gasteiger partial charge in [0.15, 0.2) is 0 Å². The molecule has 0 aliphatic rings. The summed E-state index contributed by atoms with van der Waals surface area (Å²) in [5.41, 5.74) is 1.91. The molecule has 0 radical (unpaired) electrons. The standard InChI is InChI=1S/C12H11BrN2O/c13-10-3-1-2-9(8-10)11-4-6-14-12(15-11)5-7-16/h1-4,6,8,16H,5,7H2. The monoisotopic (exact) mass is 278 g/mol. The van der Waals surface area contributed by atoms with Crippen molar-refractivity contribution >= 4 is 15.9 Å². The predicted octanol–water partition coefficient (Wildman–Crippen LogP) is 2.44. The van der Waals surface area contributed by atoms with Crippen LogP contribution in [0.3, 0.4) is 0 Å². The van der Waals surface area contributed by atoms with E-state index in [0.717, 1.165) is 15.7 Å². The van der Waals surface area contributed by atoms with Gasteiger partial charge in [-0.2, -0.15) is 0 Å². The number of nitrogens with zero attached hydrogens (tertiary/aromatic N) is 2. The maximum atomic E-state index is 8.84. The Morgan fingerprint density at radius 1 is 1.25 bits per heavy atom. The smallest absolute Gasteiger partial charge is 0.131 e. The molecule has 0 unspecified atom stereocenters. The van der Waals surface area contributed by atoms with Crippen LogP contribution in [0, 0.1) is 0 Å². The fourth-order valence-corrected chi connectivity index (χ4v) is 1.83. The number of aliphatic hydroxyl groups excluding tert-OH is 1. The molecule has 0 amide bonds. The first-order valence-corrected chi connectivity index (χ1v) is 5.77. The highest BCUT2D eigenvalue weighted by Crippen LogP contribution is 2.20. The van der Waals surface area contributed by atoms with Crippen LogP contribution in [0.15, 0.2) is 41.0 Å². The quantitative estimate of drug-likeness (QED) is 0.938. The fraction of sp³-hybridized carbons (Fsp3) is 0.167. The largest absolute Gasteiger partial charge is 0.396 e. The predicted molar refractivity (Wildman–Crippen MR) is 66.0 cm³/mol. The summed E-state index contributed by atoms with van der Waals surface area (Å²) in [7, 11) is 0. The molecule has 2 rings (SSSR count). The second kappa shape index (κ2) is 5.18. The third-order valence-corrected chi connectivity index (χ3v) is 2.65. The number of hydrogen-bond donors (Lipinski definition) is 1. The topological polar surface area (TPSA) is 46.0 Å². The minimum atomic E-state index is 0.0714. The lowest BCUT2D eigenvalue weighted by molar-refractivity contribution is 0.296. The second-order valence-electron chi connectivity index (χ2n) is 3.34. The van der Waals surface area contributed by atoms with Crippen molar-refractivity contribution in [2.75, 3.05) is 6.61 Å². The van der Waals surface area contributed by atoms with Crippen LogP contribution in [0.2, 0.25) is 0 Å². The third-order valence-electron chi connectivity index (χ3n) is 2.16. The Kier molecular flexibility index (Phi) is 3.64. The molecule has 0 bridgehead atoms. The second-order valence-corrected chi connectivity index (χ2v) is 4.26. The van der Waals surface area contributed by atoms with Crippen molar-refractivity contribution in [1.29, 1.82) is 0 Å². The van der Waals surface area contributed by atoms with Gasteiger partial charge in [-0.1, -0.05) is 28.1 Å². The van der Waals surface area contributed by atoms with Crippen LogP contribution in [0.5, 0.6) is 0 Å². The van der Waals surface area contributed by atoms with Crippen LogP contribution >= 0.6 is 15.9 Å². The highest BCUT2D eigenvalue weighted by atomic mass is 79.9. The number of hydrogen-bond acceptors (Lipinski definition) is 3. The SMILES string of the molecule is OCCc1nccc(-c2cccc(Br)c2)n1. The molecule has 1 N–H and O–H groups in total. The highest BCUT2D eigenvalue weighted by molar-refractivity contribution is 9.10. The van der Waals surface area contributed by atoms with E-state index in [1.165, 1.54) is 0 Å². The Hall–Kier alpha value is -1.26. The molecule has 1 heterocycles. The van der Waals surface area contributed by atoms with E-state index in [1.807, 2.05) is 30.3 Å². The number of halogens is 1. The molecule has 4 heteroatoms. The Morgan fingerprint density at radius 2 is 2.12 bits per heavy atom. The van der Waals surface area contributed by atoms with Gasteiger partial charge in [0.1, 0.15) is 5.82 Å². The Labute approximate surface area is 102 Å². The van der Waals surface area contributed by atoms with Gasteiger partial charge in [-0.05, 0) is 18.2 Å². The zero-order valence-electron chi connectivity index (χ0n) is 8.60. The molecular weight excluding hydrogens is 268 g/mol. The average molecular weight is 279 g/mol. The van der Waals surface area contributed by atoms with Gasteiger partial charge >= 0.3 is 0 Å². The summed E-state index contributed by atoms with van der Waals surface area (Å²) >= 11 is 3.43. The number of rotatable bonds is 3. The minimum absolute atomic E-state index is 0.0714. The van der Waals surface area contributed by atoms with Gasteiger partial charge in [-0.25, -0.2) is 9.97 Å². The van der Waals surface area contributed by atoms with Crippen LogP contribution < -0.4 is 0 Å². The van der Waals surface area contributed by atoms with Crippen LogP contribution in [-0.2, 0) is 6.42 Å². The first-order chi connectivity index (χ1) is 7.79. The number of aliphatic hydroxyl groups is 1. The molecule has 16 heavy (non-hydrogen) atoms. The molecule has 0 spiro atoms. The summed E-state index contributed by atoms with van der Waals surface area (Å²) in [6, 6.07) is 9.80. The van der Waals surface area contributed by atoms with Crippen molar-refractivity contribution in [3.05, 3.63) is 46.8 Å². The summed E-state index contributed by atoms with van der Waals surface area (Å²) in [4.78, 5) is 8.48. The van der Waals surface area contributed by atoms with E-state index in [0.29, 0.717) is 12.2 Å². The van der Waals surface area contributed by atoms with E-state index in [-0.39, 0.29) is 6.61 Å². The van der Waals surface area contributed by atoms with Crippen LogP contribution in [0.4, 0.5) is 0 Å². The maximum absolute atomic E-state index is 8.84. The molecule has 3 nitrogen and oxygen atoms in total. The lowest BCUT2D eigenvalue weighted by Gasteiger charge is -2.03. The zero-order chi connectivity index (χ0) is 11.4. The van der Waals surface area contributed by atoms with Gasteiger partial charge in [-0.3, -0.25) is 0 Å². The summed E-state index contributed by atoms with van der Waals surface area (Å²) in [5.74, 6) is 0.667. The minimum Gasteiger partial charge on any atom is -0.396 e. The van der Waals surface area contributed by atoms with E-state index >= 15 is 0 Å². The molecule has 1 aromatic carbocycles. The number of benzene rings is 1. The van der Waals surface area contributed by atoms with Crippen molar-refractivity contribution in [1.82, 2.24) is 9.97 Å². The van der Waals surface area contributed by atoms with Crippen LogP contribution in [0.25, 0.3) is 11.3 Å². The van der Waals surface area contributed by atoms with E-state index < -0.39 is 0 Å². The molecular formula is C12H11BrN2O. The first kappa shape index (κ1) is 11.2. The summed E-state index contributed by atoms with van der Waals surface area (Å²) in [6.07, 6.45) is 2.20. The molecule has 1 aromatic heterocycles. The lowest BCUT2D eigenvalue weighted by Crippen LogP contribution is -1.99. The van der Waals surface area contributed by atoms with E-state index in [4.69, 9.17) is 5.11 Å². The van der Waals surface area contributed by atoms with Crippen molar-refractivity contribution in [2.24, 2.45) is 0 Å². The molecule has 0 saturated heterocycles. The van der Waals surface area contributed by atoms with E-state index in [2.05, 4.69) is 25.9 Å². The number of aromatic nitrogens is 2. The maximum Gasteiger partial charge on any atom is 0.131 e. The summed E-state index contributed by atoms with van der Waals surface area (Å²) < 4.78 is 1.02.